The fourth-order valence-corrected chi connectivity index (χ4v) is 1.73. The van der Waals surface area contributed by atoms with E-state index >= 15 is 0 Å². The van der Waals surface area contributed by atoms with Gasteiger partial charge in [-0.25, -0.2) is 0 Å². The molecule has 1 heterocycles. The van der Waals surface area contributed by atoms with E-state index in [4.69, 9.17) is 0 Å². The number of hydrogen-bond donors (Lipinski definition) is 1. The van der Waals surface area contributed by atoms with Crippen LogP contribution < -0.4 is 10.9 Å². The van der Waals surface area contributed by atoms with Crippen molar-refractivity contribution in [2.45, 2.75) is 25.8 Å². The molecule has 3 nitrogen and oxygen atoms in total. The summed E-state index contributed by atoms with van der Waals surface area (Å²) < 4.78 is 1.58. The zero-order valence-electron chi connectivity index (χ0n) is 8.66. The van der Waals surface area contributed by atoms with Crippen LogP contribution in [0, 0.1) is 5.92 Å². The Bertz CT molecular complexity index is 383. The Kier molecular flexibility index (Phi) is 2.32. The van der Waals surface area contributed by atoms with Gasteiger partial charge in [-0.2, -0.15) is 0 Å². The molecule has 2 atom stereocenters. The van der Waals surface area contributed by atoms with Crippen LogP contribution >= 0.6 is 0 Å². The molecule has 0 spiro atoms. The molecule has 1 saturated carbocycles. The summed E-state index contributed by atoms with van der Waals surface area (Å²) in [5.41, 5.74) is 0.992. The lowest BCUT2D eigenvalue weighted by Crippen LogP contribution is -2.36. The monoisotopic (exact) mass is 192 g/mol. The molecule has 3 heteroatoms. The predicted molar refractivity (Wildman–Crippen MR) is 57.5 cm³/mol. The molecular formula is C11H16N2O. The van der Waals surface area contributed by atoms with E-state index in [0.29, 0.717) is 6.04 Å². The SMILES string of the molecule is CC1CCC1Nc1ccn(C)c(=O)c1. The average molecular weight is 192 g/mol. The summed E-state index contributed by atoms with van der Waals surface area (Å²) in [6.07, 6.45) is 4.31. The normalized spacial score (nSPS) is 25.6. The minimum Gasteiger partial charge on any atom is -0.382 e. The summed E-state index contributed by atoms with van der Waals surface area (Å²) in [5.74, 6) is 0.735. The maximum absolute atomic E-state index is 11.3. The van der Waals surface area contributed by atoms with Gasteiger partial charge in [0.1, 0.15) is 0 Å². The largest absolute Gasteiger partial charge is 0.382 e. The fraction of sp³-hybridized carbons (Fsp3) is 0.545. The molecule has 0 aromatic carbocycles. The van der Waals surface area contributed by atoms with Crippen LogP contribution in [-0.4, -0.2) is 10.6 Å². The molecule has 2 rings (SSSR count). The van der Waals surface area contributed by atoms with Crippen molar-refractivity contribution in [3.05, 3.63) is 28.7 Å². The first-order valence-corrected chi connectivity index (χ1v) is 5.10. The number of aryl methyl sites for hydroxylation is 1. The van der Waals surface area contributed by atoms with E-state index < -0.39 is 0 Å². The van der Waals surface area contributed by atoms with Crippen LogP contribution in [0.3, 0.4) is 0 Å². The van der Waals surface area contributed by atoms with E-state index in [0.717, 1.165) is 11.6 Å². The van der Waals surface area contributed by atoms with Gasteiger partial charge in [0, 0.05) is 31.0 Å². The Morgan fingerprint density at radius 2 is 2.29 bits per heavy atom. The number of anilines is 1. The van der Waals surface area contributed by atoms with Crippen LogP contribution in [0.2, 0.25) is 0 Å². The zero-order valence-corrected chi connectivity index (χ0v) is 8.66. The van der Waals surface area contributed by atoms with Crippen LogP contribution in [0.1, 0.15) is 19.8 Å². The van der Waals surface area contributed by atoms with Gasteiger partial charge in [-0.05, 0) is 24.8 Å². The zero-order chi connectivity index (χ0) is 10.1. The molecule has 1 aromatic rings. The van der Waals surface area contributed by atoms with Crippen LogP contribution in [0.4, 0.5) is 5.69 Å². The number of pyridine rings is 1. The van der Waals surface area contributed by atoms with Gasteiger partial charge in [-0.15, -0.1) is 0 Å². The fourth-order valence-electron chi connectivity index (χ4n) is 1.73. The Morgan fingerprint density at radius 1 is 1.50 bits per heavy atom. The van der Waals surface area contributed by atoms with Gasteiger partial charge in [0.2, 0.25) is 0 Å². The van der Waals surface area contributed by atoms with Crippen LogP contribution in [-0.2, 0) is 7.05 Å². The Balaban J connectivity index is 2.10. The van der Waals surface area contributed by atoms with E-state index in [-0.39, 0.29) is 5.56 Å². The van der Waals surface area contributed by atoms with Gasteiger partial charge in [0.25, 0.3) is 5.56 Å². The smallest absolute Gasteiger partial charge is 0.252 e. The highest BCUT2D eigenvalue weighted by atomic mass is 16.1. The minimum absolute atomic E-state index is 0.0435. The third-order valence-electron chi connectivity index (χ3n) is 3.08. The maximum atomic E-state index is 11.3. The van der Waals surface area contributed by atoms with Crippen molar-refractivity contribution in [3.63, 3.8) is 0 Å². The summed E-state index contributed by atoms with van der Waals surface area (Å²) >= 11 is 0. The molecule has 0 aliphatic heterocycles. The molecule has 0 bridgehead atoms. The molecule has 1 aliphatic rings. The van der Waals surface area contributed by atoms with E-state index in [1.807, 2.05) is 6.07 Å². The van der Waals surface area contributed by atoms with Crippen LogP contribution in [0.5, 0.6) is 0 Å². The number of nitrogens with one attached hydrogen (secondary N) is 1. The highest BCUT2D eigenvalue weighted by molar-refractivity contribution is 5.42. The Labute approximate surface area is 83.8 Å². The summed E-state index contributed by atoms with van der Waals surface area (Å²) in [5, 5.41) is 3.38. The second-order valence-corrected chi connectivity index (χ2v) is 4.17. The molecule has 2 unspecified atom stereocenters. The number of hydrogen-bond acceptors (Lipinski definition) is 2. The first-order chi connectivity index (χ1) is 6.66. The summed E-state index contributed by atoms with van der Waals surface area (Å²) in [7, 11) is 1.76. The number of rotatable bonds is 2. The first kappa shape index (κ1) is 9.31. The predicted octanol–water partition coefficient (Wildman–Crippen LogP) is 1.60. The van der Waals surface area contributed by atoms with Crippen molar-refractivity contribution in [3.8, 4) is 0 Å². The molecule has 0 radical (unpaired) electrons. The topological polar surface area (TPSA) is 34.0 Å². The van der Waals surface area contributed by atoms with Gasteiger partial charge in [0.05, 0.1) is 0 Å². The summed E-state index contributed by atoms with van der Waals surface area (Å²) in [4.78, 5) is 11.3. The van der Waals surface area contributed by atoms with Crippen molar-refractivity contribution >= 4 is 5.69 Å². The third-order valence-corrected chi connectivity index (χ3v) is 3.08. The van der Waals surface area contributed by atoms with Gasteiger partial charge in [-0.1, -0.05) is 6.92 Å². The molecule has 1 N–H and O–H groups in total. The van der Waals surface area contributed by atoms with Gasteiger partial charge in [-0.3, -0.25) is 4.79 Å². The van der Waals surface area contributed by atoms with E-state index in [1.54, 1.807) is 23.9 Å². The summed E-state index contributed by atoms with van der Waals surface area (Å²) in [6, 6.07) is 4.17. The molecule has 0 amide bonds. The lowest BCUT2D eigenvalue weighted by Gasteiger charge is -2.35. The Hall–Kier alpha value is -1.25. The molecule has 1 aliphatic carbocycles. The average Bonchev–Trinajstić information content (AvgIpc) is 2.17. The van der Waals surface area contributed by atoms with E-state index in [2.05, 4.69) is 12.2 Å². The quantitative estimate of drug-likeness (QED) is 0.772. The van der Waals surface area contributed by atoms with Gasteiger partial charge < -0.3 is 9.88 Å². The highest BCUT2D eigenvalue weighted by Gasteiger charge is 2.26. The first-order valence-electron chi connectivity index (χ1n) is 5.10. The van der Waals surface area contributed by atoms with E-state index in [1.165, 1.54) is 12.8 Å². The van der Waals surface area contributed by atoms with Crippen molar-refractivity contribution < 1.29 is 0 Å². The van der Waals surface area contributed by atoms with E-state index in [9.17, 15) is 4.79 Å². The molecule has 14 heavy (non-hydrogen) atoms. The molecule has 1 aromatic heterocycles. The molecule has 0 saturated heterocycles. The lowest BCUT2D eigenvalue weighted by atomic mass is 9.81. The van der Waals surface area contributed by atoms with Crippen LogP contribution in [0.25, 0.3) is 0 Å². The van der Waals surface area contributed by atoms with Crippen molar-refractivity contribution in [1.29, 1.82) is 0 Å². The number of aromatic nitrogens is 1. The van der Waals surface area contributed by atoms with Gasteiger partial charge >= 0.3 is 0 Å². The second kappa shape index (κ2) is 3.48. The Morgan fingerprint density at radius 3 is 2.79 bits per heavy atom. The van der Waals surface area contributed by atoms with Crippen LogP contribution in [0.15, 0.2) is 23.1 Å². The molecule has 1 fully saturated rings. The third kappa shape index (κ3) is 1.67. The minimum atomic E-state index is 0.0435. The van der Waals surface area contributed by atoms with Gasteiger partial charge in [0.15, 0.2) is 0 Å². The highest BCUT2D eigenvalue weighted by Crippen LogP contribution is 2.29. The second-order valence-electron chi connectivity index (χ2n) is 4.17. The van der Waals surface area contributed by atoms with Crippen molar-refractivity contribution in [2.24, 2.45) is 13.0 Å². The standard InChI is InChI=1S/C11H16N2O/c1-8-3-4-10(8)12-9-5-6-13(2)11(14)7-9/h5-8,10,12H,3-4H2,1-2H3. The molecular weight excluding hydrogens is 176 g/mol. The summed E-state index contributed by atoms with van der Waals surface area (Å²) in [6.45, 7) is 2.24. The van der Waals surface area contributed by atoms with Crippen molar-refractivity contribution in [2.75, 3.05) is 5.32 Å². The molecule has 76 valence electrons. The van der Waals surface area contributed by atoms with Crippen molar-refractivity contribution in [1.82, 2.24) is 4.57 Å². The number of nitrogens with zero attached hydrogens (tertiary/aromatic N) is 1. The lowest BCUT2D eigenvalue weighted by molar-refractivity contribution is 0.303. The maximum Gasteiger partial charge on any atom is 0.252 e.